The highest BCUT2D eigenvalue weighted by molar-refractivity contribution is 7.91. The van der Waals surface area contributed by atoms with E-state index in [1.165, 1.54) is 0 Å². The Morgan fingerprint density at radius 1 is 1.28 bits per heavy atom. The van der Waals surface area contributed by atoms with Crippen molar-refractivity contribution in [2.45, 2.75) is 38.6 Å². The van der Waals surface area contributed by atoms with Crippen LogP contribution in [0.2, 0.25) is 0 Å². The van der Waals surface area contributed by atoms with Gasteiger partial charge in [-0.3, -0.25) is 4.79 Å². The Labute approximate surface area is 109 Å². The topological polar surface area (TPSA) is 75.3 Å². The lowest BCUT2D eigenvalue weighted by molar-refractivity contribution is -0.132. The van der Waals surface area contributed by atoms with Crippen molar-refractivity contribution in [2.75, 3.05) is 24.6 Å². The van der Waals surface area contributed by atoms with Crippen LogP contribution in [-0.4, -0.2) is 44.5 Å². The molecule has 0 spiro atoms. The average Bonchev–Trinajstić information content (AvgIpc) is 2.54. The Hall–Kier alpha value is -0.620. The van der Waals surface area contributed by atoms with Crippen LogP contribution in [0.4, 0.5) is 0 Å². The van der Waals surface area contributed by atoms with Crippen LogP contribution in [0.3, 0.4) is 0 Å². The van der Waals surface area contributed by atoms with E-state index in [9.17, 15) is 13.2 Å². The number of hydrogen-bond acceptors (Lipinski definition) is 4. The summed E-state index contributed by atoms with van der Waals surface area (Å²) in [6.45, 7) is 5.40. The molecule has 2 unspecified atom stereocenters. The third-order valence-corrected chi connectivity index (χ3v) is 5.97. The molecule has 2 atom stereocenters. The Morgan fingerprint density at radius 3 is 2.50 bits per heavy atom. The largest absolute Gasteiger partial charge is 0.349 e. The number of sulfone groups is 1. The van der Waals surface area contributed by atoms with Crippen molar-refractivity contribution in [3.05, 3.63) is 0 Å². The quantitative estimate of drug-likeness (QED) is 0.747. The summed E-state index contributed by atoms with van der Waals surface area (Å²) in [7, 11) is -2.98. The molecule has 2 saturated heterocycles. The second-order valence-corrected chi connectivity index (χ2v) is 8.38. The number of amides is 1. The Bertz CT molecular complexity index is 440. The van der Waals surface area contributed by atoms with Crippen molar-refractivity contribution in [3.8, 4) is 0 Å². The number of hydrogen-bond donors (Lipinski definition) is 2. The van der Waals surface area contributed by atoms with Crippen LogP contribution < -0.4 is 10.6 Å². The molecule has 2 aliphatic heterocycles. The summed E-state index contributed by atoms with van der Waals surface area (Å²) in [5.74, 6) is 0.225. The summed E-state index contributed by atoms with van der Waals surface area (Å²) in [5.41, 5.74) is -0.996. The van der Waals surface area contributed by atoms with E-state index in [1.807, 2.05) is 13.8 Å². The fourth-order valence-corrected chi connectivity index (χ4v) is 4.88. The summed E-state index contributed by atoms with van der Waals surface area (Å²) in [5, 5.41) is 6.19. The van der Waals surface area contributed by atoms with Gasteiger partial charge in [-0.05, 0) is 39.7 Å². The predicted octanol–water partition coefficient (Wildman–Crippen LogP) is 0.0695. The van der Waals surface area contributed by atoms with Gasteiger partial charge in [0, 0.05) is 6.54 Å². The molecule has 2 N–H and O–H groups in total. The number of carbonyl (C=O) groups excluding carboxylic acids is 1. The van der Waals surface area contributed by atoms with Crippen LogP contribution in [0, 0.1) is 5.41 Å². The van der Waals surface area contributed by atoms with Gasteiger partial charge in [0.2, 0.25) is 5.91 Å². The fraction of sp³-hybridized carbons (Fsp3) is 0.917. The van der Waals surface area contributed by atoms with Gasteiger partial charge in [-0.25, -0.2) is 8.42 Å². The van der Waals surface area contributed by atoms with Gasteiger partial charge in [0.25, 0.3) is 0 Å². The van der Waals surface area contributed by atoms with Gasteiger partial charge in [-0.1, -0.05) is 0 Å². The molecule has 0 aromatic carbocycles. The molecular formula is C12H22N2O3S. The van der Waals surface area contributed by atoms with E-state index in [2.05, 4.69) is 10.6 Å². The third kappa shape index (κ3) is 2.85. The Kier molecular flexibility index (Phi) is 3.44. The van der Waals surface area contributed by atoms with Crippen LogP contribution in [0.5, 0.6) is 0 Å². The first-order valence-electron chi connectivity index (χ1n) is 6.49. The third-order valence-electron chi connectivity index (χ3n) is 4.06. The first-order valence-corrected chi connectivity index (χ1v) is 8.31. The molecule has 2 heterocycles. The van der Waals surface area contributed by atoms with Crippen LogP contribution in [-0.2, 0) is 14.6 Å². The lowest BCUT2D eigenvalue weighted by Gasteiger charge is -2.36. The maximum atomic E-state index is 12.3. The molecule has 0 bridgehead atoms. The number of piperidine rings is 1. The molecule has 6 heteroatoms. The van der Waals surface area contributed by atoms with E-state index in [1.54, 1.807) is 0 Å². The molecule has 2 aliphatic rings. The minimum Gasteiger partial charge on any atom is -0.349 e. The molecule has 0 aliphatic carbocycles. The fourth-order valence-electron chi connectivity index (χ4n) is 2.78. The first kappa shape index (κ1) is 13.8. The highest BCUT2D eigenvalue weighted by atomic mass is 32.2. The predicted molar refractivity (Wildman–Crippen MR) is 70.0 cm³/mol. The van der Waals surface area contributed by atoms with Crippen molar-refractivity contribution in [1.29, 1.82) is 0 Å². The minimum absolute atomic E-state index is 0.0192. The van der Waals surface area contributed by atoms with Gasteiger partial charge in [-0.15, -0.1) is 0 Å². The molecule has 18 heavy (non-hydrogen) atoms. The molecule has 0 saturated carbocycles. The van der Waals surface area contributed by atoms with Gasteiger partial charge < -0.3 is 10.6 Å². The van der Waals surface area contributed by atoms with Crippen LogP contribution >= 0.6 is 0 Å². The average molecular weight is 274 g/mol. The highest BCUT2D eigenvalue weighted by Gasteiger charge is 2.43. The second-order valence-electron chi connectivity index (χ2n) is 6.20. The highest BCUT2D eigenvalue weighted by Crippen LogP contribution is 2.29. The van der Waals surface area contributed by atoms with E-state index >= 15 is 0 Å². The molecule has 104 valence electrons. The molecular weight excluding hydrogens is 252 g/mol. The molecule has 0 aromatic rings. The van der Waals surface area contributed by atoms with Crippen molar-refractivity contribution in [3.63, 3.8) is 0 Å². The number of nitrogens with one attached hydrogen (secondary N) is 2. The maximum absolute atomic E-state index is 12.3. The van der Waals surface area contributed by atoms with Crippen molar-refractivity contribution >= 4 is 15.7 Å². The van der Waals surface area contributed by atoms with E-state index in [4.69, 9.17) is 0 Å². The van der Waals surface area contributed by atoms with Crippen LogP contribution in [0.25, 0.3) is 0 Å². The van der Waals surface area contributed by atoms with Crippen molar-refractivity contribution in [2.24, 2.45) is 5.41 Å². The lowest BCUT2D eigenvalue weighted by atomic mass is 9.81. The number of carbonyl (C=O) groups is 1. The van der Waals surface area contributed by atoms with E-state index < -0.39 is 20.8 Å². The summed E-state index contributed by atoms with van der Waals surface area (Å²) in [6.07, 6.45) is 2.36. The van der Waals surface area contributed by atoms with E-state index in [0.717, 1.165) is 19.4 Å². The smallest absolute Gasteiger partial charge is 0.227 e. The molecule has 2 rings (SSSR count). The Morgan fingerprint density at radius 2 is 2.00 bits per heavy atom. The molecule has 0 radical (unpaired) electrons. The second kappa shape index (κ2) is 4.49. The summed E-state index contributed by atoms with van der Waals surface area (Å²) in [4.78, 5) is 12.3. The number of rotatable bonds is 2. The zero-order valence-electron chi connectivity index (χ0n) is 11.1. The normalized spacial score (nSPS) is 39.4. The first-order chi connectivity index (χ1) is 8.25. The SMILES string of the molecule is CC1(NC(=O)C2(C)CCCNC2)CCS(=O)(=O)C1. The summed E-state index contributed by atoms with van der Waals surface area (Å²) >= 11 is 0. The van der Waals surface area contributed by atoms with Gasteiger partial charge >= 0.3 is 0 Å². The van der Waals surface area contributed by atoms with E-state index in [0.29, 0.717) is 13.0 Å². The summed E-state index contributed by atoms with van der Waals surface area (Å²) < 4.78 is 23.0. The van der Waals surface area contributed by atoms with Crippen molar-refractivity contribution in [1.82, 2.24) is 10.6 Å². The molecule has 1 amide bonds. The summed E-state index contributed by atoms with van der Waals surface area (Å²) in [6, 6.07) is 0. The molecule has 2 fully saturated rings. The van der Waals surface area contributed by atoms with Gasteiger partial charge in [0.15, 0.2) is 9.84 Å². The zero-order valence-corrected chi connectivity index (χ0v) is 11.9. The molecule has 0 aromatic heterocycles. The maximum Gasteiger partial charge on any atom is 0.227 e. The Balaban J connectivity index is 2.03. The van der Waals surface area contributed by atoms with E-state index in [-0.39, 0.29) is 17.4 Å². The van der Waals surface area contributed by atoms with Crippen LogP contribution in [0.1, 0.15) is 33.1 Å². The zero-order chi connectivity index (χ0) is 13.4. The molecule has 5 nitrogen and oxygen atoms in total. The van der Waals surface area contributed by atoms with Gasteiger partial charge in [0.05, 0.1) is 22.5 Å². The standard InChI is InChI=1S/C12H22N2O3S/c1-11(4-3-6-13-8-11)10(15)14-12(2)5-7-18(16,17)9-12/h13H,3-9H2,1-2H3,(H,14,15). The van der Waals surface area contributed by atoms with Crippen molar-refractivity contribution < 1.29 is 13.2 Å². The van der Waals surface area contributed by atoms with Gasteiger partial charge in [0.1, 0.15) is 0 Å². The monoisotopic (exact) mass is 274 g/mol. The van der Waals surface area contributed by atoms with Crippen LogP contribution in [0.15, 0.2) is 0 Å². The van der Waals surface area contributed by atoms with Gasteiger partial charge in [-0.2, -0.15) is 0 Å². The lowest BCUT2D eigenvalue weighted by Crippen LogP contribution is -2.55. The minimum atomic E-state index is -2.98.